The molecule has 0 radical (unpaired) electrons. The van der Waals surface area contributed by atoms with Gasteiger partial charge in [-0.1, -0.05) is 0 Å². The maximum atomic E-state index is 10.4. The number of hydrogen-bond donors (Lipinski definition) is 1. The average Bonchev–Trinajstić information content (AvgIpc) is 2.18. The van der Waals surface area contributed by atoms with Gasteiger partial charge in [0.05, 0.1) is 29.1 Å². The fourth-order valence-corrected chi connectivity index (χ4v) is 0.956. The minimum absolute atomic E-state index is 0.0663. The molecule has 2 N–H and O–H groups in total. The first-order valence-corrected chi connectivity index (χ1v) is 3.88. The SMILES string of the molecule is N#CC[C@@H](N)c1cc([N+](=O)[O-])ccn1. The summed E-state index contributed by atoms with van der Waals surface area (Å²) in [7, 11) is 0. The van der Waals surface area contributed by atoms with Crippen LogP contribution in [0, 0.1) is 21.4 Å². The molecule has 0 bridgehead atoms. The number of nitriles is 1. The molecular formula is C8H8N4O2. The standard InChI is InChI=1S/C8H8N4O2/c9-3-1-7(10)8-5-6(12(13)14)2-4-11-8/h2,4-5,7H,1,10H2/t7-/m1/s1. The second-order valence-electron chi connectivity index (χ2n) is 2.66. The van der Waals surface area contributed by atoms with Crippen molar-refractivity contribution >= 4 is 5.69 Å². The second-order valence-corrected chi connectivity index (χ2v) is 2.66. The van der Waals surface area contributed by atoms with E-state index in [-0.39, 0.29) is 12.1 Å². The molecular weight excluding hydrogens is 184 g/mol. The van der Waals surface area contributed by atoms with Gasteiger partial charge in [-0.25, -0.2) is 0 Å². The molecule has 1 atom stereocenters. The lowest BCUT2D eigenvalue weighted by molar-refractivity contribution is -0.385. The fraction of sp³-hybridized carbons (Fsp3) is 0.250. The maximum absolute atomic E-state index is 10.4. The van der Waals surface area contributed by atoms with Crippen LogP contribution in [0.2, 0.25) is 0 Å². The van der Waals surface area contributed by atoms with E-state index in [1.807, 2.05) is 6.07 Å². The van der Waals surface area contributed by atoms with Crippen molar-refractivity contribution in [2.75, 3.05) is 0 Å². The number of nitro groups is 1. The first-order valence-electron chi connectivity index (χ1n) is 3.88. The van der Waals surface area contributed by atoms with Gasteiger partial charge in [-0.05, 0) is 0 Å². The van der Waals surface area contributed by atoms with Crippen LogP contribution in [-0.4, -0.2) is 9.91 Å². The van der Waals surface area contributed by atoms with Crippen LogP contribution in [0.15, 0.2) is 18.3 Å². The van der Waals surface area contributed by atoms with Crippen LogP contribution in [0.1, 0.15) is 18.2 Å². The lowest BCUT2D eigenvalue weighted by atomic mass is 10.1. The zero-order valence-corrected chi connectivity index (χ0v) is 7.25. The fourth-order valence-electron chi connectivity index (χ4n) is 0.956. The Kier molecular flexibility index (Phi) is 3.09. The minimum atomic E-state index is -0.570. The molecule has 0 fully saturated rings. The smallest absolute Gasteiger partial charge is 0.272 e. The second kappa shape index (κ2) is 4.30. The summed E-state index contributed by atoms with van der Waals surface area (Å²) in [6, 6.07) is 3.87. The van der Waals surface area contributed by atoms with Gasteiger partial charge in [0.25, 0.3) is 5.69 Å². The molecule has 1 aromatic heterocycles. The number of aromatic nitrogens is 1. The summed E-state index contributed by atoms with van der Waals surface area (Å²) >= 11 is 0. The van der Waals surface area contributed by atoms with Gasteiger partial charge in [0.15, 0.2) is 0 Å². The van der Waals surface area contributed by atoms with Crippen molar-refractivity contribution < 1.29 is 4.92 Å². The molecule has 72 valence electrons. The summed E-state index contributed by atoms with van der Waals surface area (Å²) in [5.74, 6) is 0. The normalized spacial score (nSPS) is 11.7. The third-order valence-electron chi connectivity index (χ3n) is 1.67. The van der Waals surface area contributed by atoms with E-state index in [0.29, 0.717) is 5.69 Å². The van der Waals surface area contributed by atoms with Gasteiger partial charge in [-0.2, -0.15) is 5.26 Å². The molecule has 0 aliphatic rings. The molecule has 1 aromatic rings. The Morgan fingerprint density at radius 2 is 2.50 bits per heavy atom. The number of nitrogens with two attached hydrogens (primary N) is 1. The molecule has 1 rings (SSSR count). The highest BCUT2D eigenvalue weighted by Crippen LogP contribution is 2.16. The summed E-state index contributed by atoms with van der Waals surface area (Å²) in [6.07, 6.45) is 1.40. The highest BCUT2D eigenvalue weighted by atomic mass is 16.6. The zero-order chi connectivity index (χ0) is 10.6. The van der Waals surface area contributed by atoms with Gasteiger partial charge in [0.1, 0.15) is 0 Å². The largest absolute Gasteiger partial charge is 0.322 e. The molecule has 1 heterocycles. The quantitative estimate of drug-likeness (QED) is 0.565. The van der Waals surface area contributed by atoms with Crippen LogP contribution in [0.3, 0.4) is 0 Å². The van der Waals surface area contributed by atoms with Gasteiger partial charge in [0, 0.05) is 18.3 Å². The highest BCUT2D eigenvalue weighted by molar-refractivity contribution is 5.31. The van der Waals surface area contributed by atoms with Crippen LogP contribution in [0.5, 0.6) is 0 Å². The van der Waals surface area contributed by atoms with E-state index in [4.69, 9.17) is 11.0 Å². The van der Waals surface area contributed by atoms with Crippen LogP contribution in [0.25, 0.3) is 0 Å². The van der Waals surface area contributed by atoms with Crippen molar-refractivity contribution in [3.63, 3.8) is 0 Å². The van der Waals surface area contributed by atoms with Crippen molar-refractivity contribution in [3.05, 3.63) is 34.1 Å². The van der Waals surface area contributed by atoms with Crippen LogP contribution in [0.4, 0.5) is 5.69 Å². The summed E-state index contributed by atoms with van der Waals surface area (Å²) in [6.45, 7) is 0. The van der Waals surface area contributed by atoms with E-state index in [1.165, 1.54) is 18.3 Å². The van der Waals surface area contributed by atoms with Gasteiger partial charge < -0.3 is 5.73 Å². The molecule has 0 saturated heterocycles. The lowest BCUT2D eigenvalue weighted by Gasteiger charge is -2.05. The Balaban J connectivity index is 2.94. The predicted molar refractivity (Wildman–Crippen MR) is 48.0 cm³/mol. The third kappa shape index (κ3) is 2.24. The first-order chi connectivity index (χ1) is 6.65. The molecule has 0 spiro atoms. The number of pyridine rings is 1. The first kappa shape index (κ1) is 10.1. The Labute approximate surface area is 80.1 Å². The van der Waals surface area contributed by atoms with Gasteiger partial charge in [-0.3, -0.25) is 15.1 Å². The van der Waals surface area contributed by atoms with Crippen molar-refractivity contribution in [1.29, 1.82) is 5.26 Å². The van der Waals surface area contributed by atoms with Crippen molar-refractivity contribution in [2.45, 2.75) is 12.5 Å². The Bertz CT molecular complexity index is 385. The molecule has 6 heteroatoms. The predicted octanol–water partition coefficient (Wildman–Crippen LogP) is 0.903. The Hall–Kier alpha value is -2.00. The number of nitrogens with zero attached hydrogens (tertiary/aromatic N) is 3. The molecule has 0 aliphatic heterocycles. The summed E-state index contributed by atoms with van der Waals surface area (Å²) in [5.41, 5.74) is 5.86. The third-order valence-corrected chi connectivity index (χ3v) is 1.67. The summed E-state index contributed by atoms with van der Waals surface area (Å²) in [4.78, 5) is 13.7. The zero-order valence-electron chi connectivity index (χ0n) is 7.25. The van der Waals surface area contributed by atoms with Gasteiger partial charge in [0.2, 0.25) is 0 Å². The van der Waals surface area contributed by atoms with E-state index in [1.54, 1.807) is 0 Å². The highest BCUT2D eigenvalue weighted by Gasteiger charge is 2.11. The van der Waals surface area contributed by atoms with Crippen LogP contribution in [-0.2, 0) is 0 Å². The number of hydrogen-bond acceptors (Lipinski definition) is 5. The average molecular weight is 192 g/mol. The van der Waals surface area contributed by atoms with Crippen molar-refractivity contribution in [1.82, 2.24) is 4.98 Å². The molecule has 0 unspecified atom stereocenters. The molecule has 0 amide bonds. The number of rotatable bonds is 3. The lowest BCUT2D eigenvalue weighted by Crippen LogP contribution is -2.11. The maximum Gasteiger partial charge on any atom is 0.272 e. The summed E-state index contributed by atoms with van der Waals surface area (Å²) < 4.78 is 0. The summed E-state index contributed by atoms with van der Waals surface area (Å²) in [5, 5.41) is 18.8. The Morgan fingerprint density at radius 1 is 1.79 bits per heavy atom. The van der Waals surface area contributed by atoms with Gasteiger partial charge >= 0.3 is 0 Å². The van der Waals surface area contributed by atoms with Crippen LogP contribution < -0.4 is 5.73 Å². The van der Waals surface area contributed by atoms with Crippen molar-refractivity contribution in [2.24, 2.45) is 5.73 Å². The molecule has 0 saturated carbocycles. The topological polar surface area (TPSA) is 106 Å². The molecule has 14 heavy (non-hydrogen) atoms. The van der Waals surface area contributed by atoms with E-state index in [9.17, 15) is 10.1 Å². The monoisotopic (exact) mass is 192 g/mol. The molecule has 0 aromatic carbocycles. The van der Waals surface area contributed by atoms with E-state index in [2.05, 4.69) is 4.98 Å². The van der Waals surface area contributed by atoms with E-state index in [0.717, 1.165) is 0 Å². The van der Waals surface area contributed by atoms with Crippen LogP contribution >= 0.6 is 0 Å². The van der Waals surface area contributed by atoms with E-state index >= 15 is 0 Å². The van der Waals surface area contributed by atoms with Crippen molar-refractivity contribution in [3.8, 4) is 6.07 Å². The Morgan fingerprint density at radius 3 is 3.07 bits per heavy atom. The van der Waals surface area contributed by atoms with Gasteiger partial charge in [-0.15, -0.1) is 0 Å². The van der Waals surface area contributed by atoms with E-state index < -0.39 is 11.0 Å². The minimum Gasteiger partial charge on any atom is -0.322 e. The molecule has 0 aliphatic carbocycles. The molecule has 6 nitrogen and oxygen atoms in total.